The molecule has 0 saturated heterocycles. The molecule has 2 rings (SSSR count). The summed E-state index contributed by atoms with van der Waals surface area (Å²) in [6, 6.07) is 14.7. The lowest BCUT2D eigenvalue weighted by Gasteiger charge is -2.08. The van der Waals surface area contributed by atoms with Gasteiger partial charge in [0.25, 0.3) is 0 Å². The number of Topliss-reactive ketones (excluding diaryl/α,β-unsaturated/α-hetero) is 2. The largest absolute Gasteiger partial charge is 0.497 e. The lowest BCUT2D eigenvalue weighted by atomic mass is 9.94. The van der Waals surface area contributed by atoms with Crippen LogP contribution in [0.4, 0.5) is 0 Å². The third-order valence-electron chi connectivity index (χ3n) is 3.93. The Morgan fingerprint density at radius 1 is 1.00 bits per heavy atom. The number of hydrogen-bond acceptors (Lipinski definition) is 4. The van der Waals surface area contributed by atoms with Gasteiger partial charge in [-0.1, -0.05) is 42.3 Å². The number of aliphatic carboxylic acids is 1. The topological polar surface area (TPSA) is 80.7 Å². The zero-order valence-corrected chi connectivity index (χ0v) is 15.2. The minimum absolute atomic E-state index is 0.166. The van der Waals surface area contributed by atoms with Gasteiger partial charge in [-0.05, 0) is 30.3 Å². The molecule has 5 nitrogen and oxygen atoms in total. The number of carbonyl (C=O) groups excluding carboxylic acids is 2. The summed E-state index contributed by atoms with van der Waals surface area (Å²) in [6.45, 7) is 0. The predicted molar refractivity (Wildman–Crippen MR) is 105 cm³/mol. The Balaban J connectivity index is 2.35. The smallest absolute Gasteiger partial charge is 0.336 e. The fourth-order valence-corrected chi connectivity index (χ4v) is 2.50. The molecule has 0 heterocycles. The monoisotopic (exact) mass is 374 g/mol. The molecule has 28 heavy (non-hydrogen) atoms. The van der Waals surface area contributed by atoms with Crippen molar-refractivity contribution in [3.05, 3.63) is 89.0 Å². The Morgan fingerprint density at radius 2 is 1.64 bits per heavy atom. The van der Waals surface area contributed by atoms with Crippen LogP contribution in [0, 0.1) is 12.3 Å². The fraction of sp³-hybridized carbons (Fsp3) is 0.0870. The van der Waals surface area contributed by atoms with Gasteiger partial charge in [0.05, 0.1) is 12.7 Å². The molecule has 0 amide bonds. The molecule has 0 aromatic heterocycles. The Morgan fingerprint density at radius 3 is 2.18 bits per heavy atom. The van der Waals surface area contributed by atoms with Gasteiger partial charge in [-0.2, -0.15) is 0 Å². The molecule has 140 valence electrons. The molecule has 0 aliphatic heterocycles. The summed E-state index contributed by atoms with van der Waals surface area (Å²) in [4.78, 5) is 36.8. The first kappa shape index (κ1) is 20.4. The van der Waals surface area contributed by atoms with Gasteiger partial charge in [0.15, 0.2) is 11.6 Å². The highest BCUT2D eigenvalue weighted by Gasteiger charge is 2.22. The lowest BCUT2D eigenvalue weighted by Crippen LogP contribution is -2.13. The molecular weight excluding hydrogens is 356 g/mol. The average molecular weight is 374 g/mol. The van der Waals surface area contributed by atoms with Crippen LogP contribution in [-0.2, 0) is 4.79 Å². The Bertz CT molecular complexity index is 974. The fourth-order valence-electron chi connectivity index (χ4n) is 2.50. The van der Waals surface area contributed by atoms with E-state index in [9.17, 15) is 19.5 Å². The van der Waals surface area contributed by atoms with Gasteiger partial charge in [-0.3, -0.25) is 9.59 Å². The first-order valence-corrected chi connectivity index (χ1v) is 8.35. The van der Waals surface area contributed by atoms with Crippen LogP contribution in [-0.4, -0.2) is 29.8 Å². The molecule has 5 heteroatoms. The highest BCUT2D eigenvalue weighted by Crippen LogP contribution is 2.20. The van der Waals surface area contributed by atoms with Crippen LogP contribution in [0.25, 0.3) is 0 Å². The molecule has 0 aliphatic rings. The SMILES string of the molecule is C#C/C=C(C(=O)c1ccc(OC)cc1)\C(=C/CC(=O)c1ccccc1)C(=O)O. The predicted octanol–water partition coefficient (Wildman–Crippen LogP) is 3.72. The van der Waals surface area contributed by atoms with E-state index in [1.165, 1.54) is 25.3 Å². The van der Waals surface area contributed by atoms with E-state index in [0.29, 0.717) is 11.3 Å². The van der Waals surface area contributed by atoms with Crippen LogP contribution in [0.15, 0.2) is 77.9 Å². The quantitative estimate of drug-likeness (QED) is 0.330. The summed E-state index contributed by atoms with van der Waals surface area (Å²) in [6.07, 6.45) is 7.42. The summed E-state index contributed by atoms with van der Waals surface area (Å²) in [7, 11) is 1.50. The van der Waals surface area contributed by atoms with Crippen LogP contribution in [0.3, 0.4) is 0 Å². The van der Waals surface area contributed by atoms with Crippen molar-refractivity contribution in [2.45, 2.75) is 6.42 Å². The van der Waals surface area contributed by atoms with Gasteiger partial charge in [-0.15, -0.1) is 6.42 Å². The molecular formula is C23H18O5. The molecule has 1 N–H and O–H groups in total. The molecule has 0 aliphatic carbocycles. The summed E-state index contributed by atoms with van der Waals surface area (Å²) >= 11 is 0. The Labute approximate surface area is 163 Å². The minimum atomic E-state index is -1.34. The van der Waals surface area contributed by atoms with E-state index < -0.39 is 11.8 Å². The number of carbonyl (C=O) groups is 3. The van der Waals surface area contributed by atoms with Crippen molar-refractivity contribution in [1.29, 1.82) is 0 Å². The van der Waals surface area contributed by atoms with E-state index in [0.717, 1.165) is 6.08 Å². The van der Waals surface area contributed by atoms with E-state index in [1.807, 2.05) is 0 Å². The van der Waals surface area contributed by atoms with Gasteiger partial charge in [0.1, 0.15) is 5.75 Å². The molecule has 0 radical (unpaired) electrons. The van der Waals surface area contributed by atoms with Crippen LogP contribution in [0.5, 0.6) is 5.75 Å². The molecule has 0 saturated carbocycles. The van der Waals surface area contributed by atoms with Crippen LogP contribution < -0.4 is 4.74 Å². The van der Waals surface area contributed by atoms with Crippen molar-refractivity contribution in [3.63, 3.8) is 0 Å². The zero-order chi connectivity index (χ0) is 20.5. The van der Waals surface area contributed by atoms with Gasteiger partial charge >= 0.3 is 5.97 Å². The lowest BCUT2D eigenvalue weighted by molar-refractivity contribution is -0.132. The summed E-state index contributed by atoms with van der Waals surface area (Å²) in [5.41, 5.74) is 0.223. The molecule has 0 spiro atoms. The van der Waals surface area contributed by atoms with Crippen molar-refractivity contribution < 1.29 is 24.2 Å². The number of ketones is 2. The molecule has 0 fully saturated rings. The van der Waals surface area contributed by atoms with Gasteiger partial charge in [0.2, 0.25) is 0 Å². The third-order valence-corrected chi connectivity index (χ3v) is 3.93. The highest BCUT2D eigenvalue weighted by molar-refractivity contribution is 6.17. The van der Waals surface area contributed by atoms with Gasteiger partial charge in [-0.25, -0.2) is 4.79 Å². The Hall–Kier alpha value is -3.91. The normalized spacial score (nSPS) is 11.4. The number of rotatable bonds is 8. The zero-order valence-electron chi connectivity index (χ0n) is 15.2. The summed E-state index contributed by atoms with van der Waals surface area (Å²) < 4.78 is 5.05. The van der Waals surface area contributed by atoms with Crippen molar-refractivity contribution in [3.8, 4) is 18.1 Å². The summed E-state index contributed by atoms with van der Waals surface area (Å²) in [5, 5.41) is 9.57. The van der Waals surface area contributed by atoms with Crippen molar-refractivity contribution >= 4 is 17.5 Å². The number of methoxy groups -OCH3 is 1. The van der Waals surface area contributed by atoms with E-state index in [1.54, 1.807) is 42.5 Å². The van der Waals surface area contributed by atoms with Gasteiger partial charge < -0.3 is 9.84 Å². The molecule has 0 unspecified atom stereocenters. The standard InChI is InChI=1S/C23H18O5/c1-3-7-19(22(25)17-10-12-18(28-2)13-11-17)20(23(26)27)14-15-21(24)16-8-5-4-6-9-16/h1,4-14H,15H2,2H3,(H,26,27)/b19-7+,20-14+. The average Bonchev–Trinajstić information content (AvgIpc) is 2.73. The van der Waals surface area contributed by atoms with Crippen molar-refractivity contribution in [2.75, 3.05) is 7.11 Å². The second-order valence-corrected chi connectivity index (χ2v) is 5.70. The summed E-state index contributed by atoms with van der Waals surface area (Å²) in [5.74, 6) is 0.591. The molecule has 2 aromatic carbocycles. The van der Waals surface area contributed by atoms with Gasteiger partial charge in [0, 0.05) is 23.1 Å². The minimum Gasteiger partial charge on any atom is -0.497 e. The maximum atomic E-state index is 12.8. The van der Waals surface area contributed by atoms with Crippen molar-refractivity contribution in [1.82, 2.24) is 0 Å². The molecule has 0 atom stereocenters. The van der Waals surface area contributed by atoms with Crippen LogP contribution in [0.1, 0.15) is 27.1 Å². The molecule has 2 aromatic rings. The second kappa shape index (κ2) is 9.70. The van der Waals surface area contributed by atoms with Crippen LogP contribution in [0.2, 0.25) is 0 Å². The number of benzene rings is 2. The maximum Gasteiger partial charge on any atom is 0.336 e. The second-order valence-electron chi connectivity index (χ2n) is 5.70. The Kier molecular flexibility index (Phi) is 7.06. The van der Waals surface area contributed by atoms with E-state index in [-0.39, 0.29) is 28.9 Å². The number of ether oxygens (including phenoxy) is 1. The third kappa shape index (κ3) is 5.05. The van der Waals surface area contributed by atoms with E-state index in [4.69, 9.17) is 11.2 Å². The van der Waals surface area contributed by atoms with E-state index >= 15 is 0 Å². The number of hydrogen-bond donors (Lipinski definition) is 1. The maximum absolute atomic E-state index is 12.8. The first-order valence-electron chi connectivity index (χ1n) is 8.35. The molecule has 0 bridgehead atoms. The highest BCUT2D eigenvalue weighted by atomic mass is 16.5. The number of carboxylic acid groups (broad SMARTS) is 1. The number of terminal acetylenes is 1. The number of carboxylic acids is 1. The van der Waals surface area contributed by atoms with E-state index in [2.05, 4.69) is 5.92 Å². The first-order chi connectivity index (χ1) is 13.5. The van der Waals surface area contributed by atoms with Crippen LogP contribution >= 0.6 is 0 Å². The number of allylic oxidation sites excluding steroid dienone is 2. The van der Waals surface area contributed by atoms with Crippen molar-refractivity contribution in [2.24, 2.45) is 0 Å².